The molecule has 1 aromatic carbocycles. The van der Waals surface area contributed by atoms with Gasteiger partial charge in [0.2, 0.25) is 0 Å². The summed E-state index contributed by atoms with van der Waals surface area (Å²) in [6, 6.07) is 7.26. The monoisotopic (exact) mass is 322 g/mol. The molecule has 2 heterocycles. The molecule has 0 atom stereocenters. The molecule has 0 aliphatic carbocycles. The summed E-state index contributed by atoms with van der Waals surface area (Å²) in [4.78, 5) is 15.3. The second kappa shape index (κ2) is 5.08. The highest BCUT2D eigenvalue weighted by atomic mass is 35.5. The lowest BCUT2D eigenvalue weighted by Gasteiger charge is -2.16. The number of hydrogen-bond donors (Lipinski definition) is 2. The quantitative estimate of drug-likeness (QED) is 0.878. The van der Waals surface area contributed by atoms with E-state index >= 15 is 0 Å². The largest absolute Gasteiger partial charge is 0.383 e. The minimum atomic E-state index is -0.0588. The fraction of sp³-hybridized carbons (Fsp3) is 0.312. The van der Waals surface area contributed by atoms with Gasteiger partial charge in [0.05, 0.1) is 5.69 Å². The van der Waals surface area contributed by atoms with E-state index in [2.05, 4.69) is 24.1 Å². The van der Waals surface area contributed by atoms with E-state index in [1.54, 1.807) is 12.1 Å². The first-order valence-electron chi connectivity index (χ1n) is 6.81. The first kappa shape index (κ1) is 14.5. The zero-order valence-corrected chi connectivity index (χ0v) is 13.4. The Kier molecular flexibility index (Phi) is 3.50. The van der Waals surface area contributed by atoms with Gasteiger partial charge in [0.1, 0.15) is 0 Å². The first-order valence-corrected chi connectivity index (χ1v) is 7.57. The fourth-order valence-electron chi connectivity index (χ4n) is 2.65. The molecule has 2 aromatic rings. The van der Waals surface area contributed by atoms with Gasteiger partial charge >= 0.3 is 0 Å². The molecule has 0 amide bonds. The van der Waals surface area contributed by atoms with E-state index in [0.717, 1.165) is 23.5 Å². The van der Waals surface area contributed by atoms with Crippen molar-refractivity contribution in [3.63, 3.8) is 0 Å². The number of benzene rings is 1. The summed E-state index contributed by atoms with van der Waals surface area (Å²) in [5.41, 5.74) is 3.45. The molecular weight excluding hydrogens is 307 g/mol. The van der Waals surface area contributed by atoms with Crippen molar-refractivity contribution >= 4 is 28.9 Å². The Hall–Kier alpha value is -1.45. The van der Waals surface area contributed by atoms with E-state index < -0.39 is 0 Å². The highest BCUT2D eigenvalue weighted by Crippen LogP contribution is 2.34. The summed E-state index contributed by atoms with van der Waals surface area (Å²) in [5.74, 6) is 0. The fourth-order valence-corrected chi connectivity index (χ4v) is 3.13. The molecular formula is C16H16Cl2N2O. The van der Waals surface area contributed by atoms with Crippen LogP contribution in [-0.4, -0.2) is 11.5 Å². The average Bonchev–Trinajstić information content (AvgIpc) is 2.69. The van der Waals surface area contributed by atoms with Gasteiger partial charge in [-0.05, 0) is 23.8 Å². The Bertz CT molecular complexity index is 765. The van der Waals surface area contributed by atoms with Crippen molar-refractivity contribution in [2.45, 2.75) is 25.7 Å². The van der Waals surface area contributed by atoms with Crippen LogP contribution < -0.4 is 10.9 Å². The molecule has 1 aromatic heterocycles. The zero-order valence-electron chi connectivity index (χ0n) is 11.9. The molecule has 5 heteroatoms. The SMILES string of the molecule is CC1(C)CNc2cc(Cc3ccc(Cl)cc3Cl)c(=O)[nH]c21. The van der Waals surface area contributed by atoms with Gasteiger partial charge in [-0.3, -0.25) is 4.79 Å². The van der Waals surface area contributed by atoms with Crippen LogP contribution in [0.3, 0.4) is 0 Å². The Balaban J connectivity index is 1.99. The Morgan fingerprint density at radius 1 is 1.19 bits per heavy atom. The summed E-state index contributed by atoms with van der Waals surface area (Å²) in [6.45, 7) is 5.04. The van der Waals surface area contributed by atoms with E-state index in [0.29, 0.717) is 22.0 Å². The van der Waals surface area contributed by atoms with Gasteiger partial charge in [0.25, 0.3) is 5.56 Å². The molecule has 0 bridgehead atoms. The summed E-state index contributed by atoms with van der Waals surface area (Å²) in [6.07, 6.45) is 0.487. The first-order chi connectivity index (χ1) is 9.87. The van der Waals surface area contributed by atoms with E-state index in [4.69, 9.17) is 23.2 Å². The van der Waals surface area contributed by atoms with Crippen molar-refractivity contribution in [3.05, 3.63) is 61.5 Å². The topological polar surface area (TPSA) is 44.9 Å². The van der Waals surface area contributed by atoms with Crippen LogP contribution in [0.4, 0.5) is 5.69 Å². The maximum absolute atomic E-state index is 12.3. The van der Waals surface area contributed by atoms with Crippen molar-refractivity contribution in [3.8, 4) is 0 Å². The number of H-pyrrole nitrogens is 1. The number of rotatable bonds is 2. The van der Waals surface area contributed by atoms with Crippen molar-refractivity contribution < 1.29 is 0 Å². The number of hydrogen-bond acceptors (Lipinski definition) is 2. The summed E-state index contributed by atoms with van der Waals surface area (Å²) in [5, 5.41) is 4.52. The zero-order chi connectivity index (χ0) is 15.2. The predicted octanol–water partition coefficient (Wildman–Crippen LogP) is 3.98. The Morgan fingerprint density at radius 2 is 1.95 bits per heavy atom. The average molecular weight is 323 g/mol. The van der Waals surface area contributed by atoms with Gasteiger partial charge in [0, 0.05) is 39.7 Å². The van der Waals surface area contributed by atoms with Crippen LogP contribution in [0.25, 0.3) is 0 Å². The van der Waals surface area contributed by atoms with E-state index in [1.165, 1.54) is 0 Å². The van der Waals surface area contributed by atoms with Gasteiger partial charge in [-0.2, -0.15) is 0 Å². The van der Waals surface area contributed by atoms with Crippen LogP contribution in [-0.2, 0) is 11.8 Å². The normalized spacial score (nSPS) is 15.6. The van der Waals surface area contributed by atoms with Crippen LogP contribution in [0.1, 0.15) is 30.7 Å². The third kappa shape index (κ3) is 2.68. The van der Waals surface area contributed by atoms with E-state index in [-0.39, 0.29) is 11.0 Å². The number of anilines is 1. The number of fused-ring (bicyclic) bond motifs is 1. The van der Waals surface area contributed by atoms with Gasteiger partial charge < -0.3 is 10.3 Å². The number of halogens is 2. The minimum Gasteiger partial charge on any atom is -0.383 e. The van der Waals surface area contributed by atoms with Crippen LogP contribution in [0, 0.1) is 0 Å². The molecule has 110 valence electrons. The molecule has 1 aliphatic heterocycles. The van der Waals surface area contributed by atoms with E-state index in [1.807, 2.05) is 12.1 Å². The highest BCUT2D eigenvalue weighted by Gasteiger charge is 2.31. The third-order valence-electron chi connectivity index (χ3n) is 3.91. The van der Waals surface area contributed by atoms with Gasteiger partial charge in [0.15, 0.2) is 0 Å². The summed E-state index contributed by atoms with van der Waals surface area (Å²) >= 11 is 12.1. The third-order valence-corrected chi connectivity index (χ3v) is 4.50. The molecule has 0 spiro atoms. The molecule has 0 fully saturated rings. The van der Waals surface area contributed by atoms with Crippen LogP contribution in [0.2, 0.25) is 10.0 Å². The second-order valence-electron chi connectivity index (χ2n) is 6.06. The molecule has 3 nitrogen and oxygen atoms in total. The van der Waals surface area contributed by atoms with Crippen molar-refractivity contribution in [2.24, 2.45) is 0 Å². The minimum absolute atomic E-state index is 0.0507. The lowest BCUT2D eigenvalue weighted by Crippen LogP contribution is -2.23. The van der Waals surface area contributed by atoms with Crippen molar-refractivity contribution in [1.82, 2.24) is 4.98 Å². The molecule has 0 saturated carbocycles. The Morgan fingerprint density at radius 3 is 2.67 bits per heavy atom. The van der Waals surface area contributed by atoms with Gasteiger partial charge in [-0.25, -0.2) is 0 Å². The van der Waals surface area contributed by atoms with Crippen molar-refractivity contribution in [1.29, 1.82) is 0 Å². The van der Waals surface area contributed by atoms with Gasteiger partial charge in [-0.1, -0.05) is 43.1 Å². The maximum Gasteiger partial charge on any atom is 0.251 e. The molecule has 21 heavy (non-hydrogen) atoms. The molecule has 0 saturated heterocycles. The maximum atomic E-state index is 12.3. The van der Waals surface area contributed by atoms with Crippen LogP contribution in [0.5, 0.6) is 0 Å². The van der Waals surface area contributed by atoms with Crippen LogP contribution in [0.15, 0.2) is 29.1 Å². The number of nitrogens with one attached hydrogen (secondary N) is 2. The van der Waals surface area contributed by atoms with Gasteiger partial charge in [-0.15, -0.1) is 0 Å². The standard InChI is InChI=1S/C16H16Cl2N2O/c1-16(2)8-19-13-6-10(15(21)20-14(13)16)5-9-3-4-11(17)7-12(9)18/h3-4,6-7,19H,5,8H2,1-2H3,(H,20,21). The van der Waals surface area contributed by atoms with Crippen LogP contribution >= 0.6 is 23.2 Å². The number of pyridine rings is 1. The van der Waals surface area contributed by atoms with Crippen molar-refractivity contribution in [2.75, 3.05) is 11.9 Å². The molecule has 2 N–H and O–H groups in total. The molecule has 0 unspecified atom stereocenters. The lowest BCUT2D eigenvalue weighted by molar-refractivity contribution is 0.567. The summed E-state index contributed by atoms with van der Waals surface area (Å²) < 4.78 is 0. The molecule has 0 radical (unpaired) electrons. The smallest absolute Gasteiger partial charge is 0.251 e. The Labute approximate surface area is 133 Å². The molecule has 3 rings (SSSR count). The predicted molar refractivity (Wildman–Crippen MR) is 87.8 cm³/mol. The van der Waals surface area contributed by atoms with E-state index in [9.17, 15) is 4.79 Å². The summed E-state index contributed by atoms with van der Waals surface area (Å²) in [7, 11) is 0. The molecule has 1 aliphatic rings. The highest BCUT2D eigenvalue weighted by molar-refractivity contribution is 6.35. The number of aromatic amines is 1. The second-order valence-corrected chi connectivity index (χ2v) is 6.91. The number of aromatic nitrogens is 1. The lowest BCUT2D eigenvalue weighted by atomic mass is 9.91.